The van der Waals surface area contributed by atoms with Crippen molar-refractivity contribution in [1.82, 2.24) is 9.89 Å². The molecule has 8 rings (SSSR count). The summed E-state index contributed by atoms with van der Waals surface area (Å²) in [5, 5.41) is 14.3. The maximum absolute atomic E-state index is 13.5. The standard InChI is InChI=1S/C38H39N3O5S2/c42-22-26-10-9-25(38(45)39-12-18-48-47-17-11-32(43)44)21-29(26)33-30-19-23-5-1-13-40-15-3-7-27(34(23)40)36(30)46-37-28-8-4-16-41-14-2-6-24(35(28)41)20-31(33)37/h9-10,19-22H,1-8,11-18H2,(H-,39,43,44,45)/p+1. The van der Waals surface area contributed by atoms with Gasteiger partial charge in [0, 0.05) is 88.3 Å². The lowest BCUT2D eigenvalue weighted by Gasteiger charge is -2.39. The molecule has 48 heavy (non-hydrogen) atoms. The van der Waals surface area contributed by atoms with Crippen LogP contribution >= 0.6 is 21.6 Å². The molecule has 0 bridgehead atoms. The van der Waals surface area contributed by atoms with E-state index in [9.17, 15) is 14.4 Å². The van der Waals surface area contributed by atoms with E-state index in [2.05, 4.69) is 26.9 Å². The van der Waals surface area contributed by atoms with E-state index >= 15 is 0 Å². The van der Waals surface area contributed by atoms with Gasteiger partial charge in [-0.25, -0.2) is 4.58 Å². The minimum absolute atomic E-state index is 0.122. The minimum atomic E-state index is -0.804. The van der Waals surface area contributed by atoms with Crippen molar-refractivity contribution in [3.05, 3.63) is 85.4 Å². The molecule has 8 nitrogen and oxygen atoms in total. The van der Waals surface area contributed by atoms with E-state index < -0.39 is 5.97 Å². The van der Waals surface area contributed by atoms with Crippen LogP contribution in [0, 0.1) is 0 Å². The van der Waals surface area contributed by atoms with Crippen LogP contribution in [0.5, 0.6) is 11.5 Å². The van der Waals surface area contributed by atoms with Crippen molar-refractivity contribution in [3.8, 4) is 11.5 Å². The molecule has 0 atom stereocenters. The van der Waals surface area contributed by atoms with E-state index in [1.807, 2.05) is 6.07 Å². The molecule has 0 unspecified atom stereocenters. The highest BCUT2D eigenvalue weighted by Crippen LogP contribution is 2.48. The van der Waals surface area contributed by atoms with Gasteiger partial charge in [0.2, 0.25) is 5.36 Å². The Morgan fingerprint density at radius 1 is 0.896 bits per heavy atom. The number of carboxylic acids is 1. The first-order valence-electron chi connectivity index (χ1n) is 17.3. The number of anilines is 1. The molecular weight excluding hydrogens is 643 g/mol. The Labute approximate surface area is 288 Å². The molecule has 0 fully saturated rings. The number of carbonyl (C=O) groups excluding carboxylic acids is 2. The monoisotopic (exact) mass is 682 g/mol. The normalized spacial score (nSPS) is 17.0. The van der Waals surface area contributed by atoms with Gasteiger partial charge < -0.3 is 20.1 Å². The minimum Gasteiger partial charge on any atom is -0.481 e. The summed E-state index contributed by atoms with van der Waals surface area (Å²) >= 11 is 0. The van der Waals surface area contributed by atoms with Gasteiger partial charge in [-0.3, -0.25) is 14.4 Å². The molecule has 0 saturated heterocycles. The van der Waals surface area contributed by atoms with Crippen LogP contribution in [-0.4, -0.2) is 67.5 Å². The van der Waals surface area contributed by atoms with Gasteiger partial charge >= 0.3 is 5.97 Å². The summed E-state index contributed by atoms with van der Waals surface area (Å²) < 4.78 is 9.69. The van der Waals surface area contributed by atoms with Gasteiger partial charge in [0.15, 0.2) is 6.29 Å². The second kappa shape index (κ2) is 13.3. The molecule has 10 heteroatoms. The molecule has 2 N–H and O–H groups in total. The summed E-state index contributed by atoms with van der Waals surface area (Å²) in [5.74, 6) is 2.06. The van der Waals surface area contributed by atoms with Gasteiger partial charge in [0.25, 0.3) is 5.91 Å². The van der Waals surface area contributed by atoms with E-state index in [0.29, 0.717) is 29.2 Å². The number of aryl methyl sites for hydroxylation is 2. The molecular formula is C38H40N3O5S2+. The number of hydrogen-bond donors (Lipinski definition) is 2. The number of nitrogens with one attached hydrogen (secondary N) is 1. The lowest BCUT2D eigenvalue weighted by Crippen LogP contribution is -2.45. The van der Waals surface area contributed by atoms with Crippen LogP contribution < -0.4 is 30.1 Å². The first-order chi connectivity index (χ1) is 23.5. The summed E-state index contributed by atoms with van der Waals surface area (Å²) in [6.07, 6.45) is 9.43. The van der Waals surface area contributed by atoms with Gasteiger partial charge in [0.05, 0.1) is 12.0 Å². The highest BCUT2D eigenvalue weighted by molar-refractivity contribution is 8.76. The number of benzene rings is 3. The highest BCUT2D eigenvalue weighted by Gasteiger charge is 2.36. The predicted octanol–water partition coefficient (Wildman–Crippen LogP) is 4.52. The number of ether oxygens (including phenoxy) is 1. The Kier molecular flexibility index (Phi) is 8.71. The number of fused-ring (bicyclic) bond motifs is 4. The SMILES string of the molecule is O=Cc1ccc(C(=O)NCCSSCCC(=O)O)cc1C1=c2cc3c4c(c2Oc2c1cc1c5c2CCCN5CCC1)CCC[N+]=4CCC3. The molecule has 0 radical (unpaired) electrons. The maximum atomic E-state index is 13.5. The second-order valence-electron chi connectivity index (χ2n) is 13.3. The molecule has 1 amide bonds. The van der Waals surface area contributed by atoms with Crippen LogP contribution in [0.3, 0.4) is 0 Å². The molecule has 0 saturated carbocycles. The Bertz CT molecular complexity index is 1980. The fourth-order valence-corrected chi connectivity index (χ4v) is 10.3. The number of carboxylic acid groups (broad SMARTS) is 1. The quantitative estimate of drug-likeness (QED) is 0.109. The van der Waals surface area contributed by atoms with Crippen molar-refractivity contribution in [2.45, 2.75) is 57.8 Å². The zero-order valence-corrected chi connectivity index (χ0v) is 28.7. The van der Waals surface area contributed by atoms with E-state index in [1.54, 1.807) is 22.9 Å². The number of carbonyl (C=O) groups is 3. The van der Waals surface area contributed by atoms with Crippen LogP contribution in [-0.2, 0) is 30.5 Å². The molecule has 0 spiro atoms. The van der Waals surface area contributed by atoms with Gasteiger partial charge in [-0.2, -0.15) is 0 Å². The fraction of sp³-hybridized carbons (Fsp3) is 0.421. The largest absolute Gasteiger partial charge is 0.481 e. The van der Waals surface area contributed by atoms with Gasteiger partial charge in [-0.05, 0) is 73.9 Å². The predicted molar refractivity (Wildman–Crippen MR) is 192 cm³/mol. The third-order valence-corrected chi connectivity index (χ3v) is 12.8. The third-order valence-electron chi connectivity index (χ3n) is 10.4. The molecule has 0 aromatic heterocycles. The van der Waals surface area contributed by atoms with Gasteiger partial charge in [-0.1, -0.05) is 27.7 Å². The van der Waals surface area contributed by atoms with E-state index in [4.69, 9.17) is 9.84 Å². The van der Waals surface area contributed by atoms with Crippen molar-refractivity contribution in [3.63, 3.8) is 0 Å². The van der Waals surface area contributed by atoms with E-state index in [1.165, 1.54) is 44.1 Å². The molecule has 3 aromatic rings. The first kappa shape index (κ1) is 31.5. The summed E-state index contributed by atoms with van der Waals surface area (Å²) in [6.45, 7) is 4.76. The highest BCUT2D eigenvalue weighted by atomic mass is 33.1. The topological polar surface area (TPSA) is 99.0 Å². The average Bonchev–Trinajstić information content (AvgIpc) is 3.10. The van der Waals surface area contributed by atoms with Gasteiger partial charge in [-0.15, -0.1) is 0 Å². The Morgan fingerprint density at radius 3 is 2.50 bits per heavy atom. The number of rotatable bonds is 10. The van der Waals surface area contributed by atoms with Crippen molar-refractivity contribution in [2.75, 3.05) is 49.1 Å². The molecule has 5 aliphatic heterocycles. The van der Waals surface area contributed by atoms with Crippen LogP contribution in [0.4, 0.5) is 5.69 Å². The number of aldehydes is 1. The zero-order valence-electron chi connectivity index (χ0n) is 27.1. The number of nitrogens with zero attached hydrogens (tertiary/aromatic N) is 2. The van der Waals surface area contributed by atoms with Crippen molar-refractivity contribution in [2.24, 2.45) is 0 Å². The lowest BCUT2D eigenvalue weighted by atomic mass is 9.81. The second-order valence-corrected chi connectivity index (χ2v) is 16.0. The lowest BCUT2D eigenvalue weighted by molar-refractivity contribution is -0.136. The number of hydrogen-bond acceptors (Lipinski definition) is 7. The average molecular weight is 683 g/mol. The number of amides is 1. The van der Waals surface area contributed by atoms with Gasteiger partial charge in [0.1, 0.15) is 24.6 Å². The Balaban J connectivity index is 1.27. The van der Waals surface area contributed by atoms with Crippen LogP contribution in [0.25, 0.3) is 5.57 Å². The molecule has 248 valence electrons. The van der Waals surface area contributed by atoms with E-state index in [-0.39, 0.29) is 12.3 Å². The summed E-state index contributed by atoms with van der Waals surface area (Å²) in [5.41, 5.74) is 10.5. The van der Waals surface area contributed by atoms with Crippen LogP contribution in [0.1, 0.15) is 86.2 Å². The maximum Gasteiger partial charge on any atom is 0.304 e. The van der Waals surface area contributed by atoms with E-state index in [0.717, 1.165) is 117 Å². The van der Waals surface area contributed by atoms with Crippen molar-refractivity contribution < 1.29 is 24.2 Å². The summed E-state index contributed by atoms with van der Waals surface area (Å²) in [6, 6.07) is 10.1. The zero-order chi connectivity index (χ0) is 32.8. The van der Waals surface area contributed by atoms with Crippen molar-refractivity contribution >= 4 is 51.0 Å². The summed E-state index contributed by atoms with van der Waals surface area (Å²) in [4.78, 5) is 39.5. The Hall–Kier alpha value is -3.76. The summed E-state index contributed by atoms with van der Waals surface area (Å²) in [7, 11) is 3.06. The smallest absolute Gasteiger partial charge is 0.304 e. The molecule has 5 heterocycles. The molecule has 3 aromatic carbocycles. The molecule has 0 aliphatic carbocycles. The fourth-order valence-electron chi connectivity index (χ4n) is 8.38. The first-order valence-corrected chi connectivity index (χ1v) is 19.8. The van der Waals surface area contributed by atoms with Crippen molar-refractivity contribution in [1.29, 1.82) is 0 Å². The van der Waals surface area contributed by atoms with Crippen LogP contribution in [0.15, 0.2) is 30.3 Å². The van der Waals surface area contributed by atoms with Crippen LogP contribution in [0.2, 0.25) is 0 Å². The Morgan fingerprint density at radius 2 is 1.67 bits per heavy atom. The third kappa shape index (κ3) is 5.60. The molecule has 5 aliphatic rings. The number of aliphatic carboxylic acids is 1.